The van der Waals surface area contributed by atoms with Gasteiger partial charge in [-0.05, 0) is 6.66 Å². The van der Waals surface area contributed by atoms with Crippen molar-refractivity contribution in [3.05, 3.63) is 0 Å². The Morgan fingerprint density at radius 2 is 1.78 bits per heavy atom. The molecule has 0 aliphatic rings. The first-order valence-electron chi connectivity index (χ1n) is 3.05. The molecule has 1 nitrogen and oxygen atoms in total. The van der Waals surface area contributed by atoms with E-state index in [1.54, 1.807) is 0 Å². The van der Waals surface area contributed by atoms with Gasteiger partial charge in [0.2, 0.25) is 0 Å². The third-order valence-corrected chi connectivity index (χ3v) is 4.15. The molecule has 1 unspecified atom stereocenters. The molecule has 0 heterocycles. The molecule has 0 aromatic heterocycles. The van der Waals surface area contributed by atoms with Crippen LogP contribution in [0.5, 0.6) is 0 Å². The van der Waals surface area contributed by atoms with Crippen LogP contribution in [-0.4, -0.2) is 24.4 Å². The number of halogens is 1. The molecule has 0 spiro atoms. The van der Waals surface area contributed by atoms with E-state index in [0.717, 1.165) is 13.1 Å². The first kappa shape index (κ1) is 9.90. The quantitative estimate of drug-likeness (QED) is 0.622. The molecule has 0 amide bonds. The molecule has 0 bridgehead atoms. The number of hydrogen-bond acceptors (Lipinski definition) is 1. The highest BCUT2D eigenvalue weighted by Gasteiger charge is 2.12. The van der Waals surface area contributed by atoms with Crippen molar-refractivity contribution in [2.45, 2.75) is 13.8 Å². The van der Waals surface area contributed by atoms with Gasteiger partial charge in [0.1, 0.15) is 0 Å². The number of rotatable bonds is 3. The lowest BCUT2D eigenvalue weighted by molar-refractivity contribution is 0.514. The molecule has 0 saturated carbocycles. The van der Waals surface area contributed by atoms with Gasteiger partial charge in [-0.15, -0.1) is 0 Å². The number of hydrogen-bond donors (Lipinski definition) is 0. The smallest absolute Gasteiger partial charge is 0.0957 e. The lowest BCUT2D eigenvalue weighted by Gasteiger charge is -2.23. The summed E-state index contributed by atoms with van der Waals surface area (Å²) in [7, 11) is 0. The maximum absolute atomic E-state index is 5.95. The van der Waals surface area contributed by atoms with Crippen LogP contribution in [0.25, 0.3) is 0 Å². The topological polar surface area (TPSA) is 3.24 Å². The molecule has 4 heteroatoms. The van der Waals surface area contributed by atoms with Gasteiger partial charge in [0.05, 0.1) is 5.54 Å². The van der Waals surface area contributed by atoms with Crippen LogP contribution in [0.3, 0.4) is 0 Å². The van der Waals surface area contributed by atoms with Crippen molar-refractivity contribution < 1.29 is 0 Å². The summed E-state index contributed by atoms with van der Waals surface area (Å²) < 4.78 is 2.13. The highest BCUT2D eigenvalue weighted by atomic mass is 35.7. The Morgan fingerprint density at radius 1 is 1.44 bits per heavy atom. The Bertz CT molecular complexity index is 118. The highest BCUT2D eigenvalue weighted by molar-refractivity contribution is 8.25. The van der Waals surface area contributed by atoms with Crippen LogP contribution in [0.1, 0.15) is 13.8 Å². The summed E-state index contributed by atoms with van der Waals surface area (Å²) in [5, 5.41) is 0. The zero-order valence-corrected chi connectivity index (χ0v) is 8.56. The molecule has 9 heavy (non-hydrogen) atoms. The average molecular weight is 186 g/mol. The zero-order valence-electron chi connectivity index (χ0n) is 6.09. The van der Waals surface area contributed by atoms with Gasteiger partial charge in [-0.3, -0.25) is 4.67 Å². The van der Waals surface area contributed by atoms with Crippen LogP contribution >= 0.6 is 16.8 Å². The third-order valence-electron chi connectivity index (χ3n) is 1.24. The summed E-state index contributed by atoms with van der Waals surface area (Å²) in [5.74, 6) is 0. The van der Waals surface area contributed by atoms with Crippen molar-refractivity contribution in [3.8, 4) is 0 Å². The summed E-state index contributed by atoms with van der Waals surface area (Å²) in [6.45, 7) is 8.03. The average Bonchev–Trinajstić information content (AvgIpc) is 1.65. The SMILES string of the molecule is CCN(CC)P(C)(=S)Cl. The number of nitrogens with zero attached hydrogens (tertiary/aromatic N) is 1. The summed E-state index contributed by atoms with van der Waals surface area (Å²) in [6, 6.07) is 0. The van der Waals surface area contributed by atoms with Gasteiger partial charge in [0.15, 0.2) is 0 Å². The predicted molar refractivity (Wildman–Crippen MR) is 49.0 cm³/mol. The Kier molecular flexibility index (Phi) is 4.31. The maximum atomic E-state index is 5.95. The fraction of sp³-hybridized carbons (Fsp3) is 1.00. The van der Waals surface area contributed by atoms with Crippen LogP contribution in [0.2, 0.25) is 0 Å². The van der Waals surface area contributed by atoms with E-state index in [4.69, 9.17) is 23.0 Å². The van der Waals surface area contributed by atoms with Crippen molar-refractivity contribution in [2.24, 2.45) is 0 Å². The molecular weight excluding hydrogens is 173 g/mol. The predicted octanol–water partition coefficient (Wildman–Crippen LogP) is 2.51. The molecule has 1 atom stereocenters. The first-order valence-corrected chi connectivity index (χ1v) is 7.15. The van der Waals surface area contributed by atoms with Gasteiger partial charge >= 0.3 is 0 Å². The molecule has 0 aromatic rings. The van der Waals surface area contributed by atoms with Crippen molar-refractivity contribution in [3.63, 3.8) is 0 Å². The second-order valence-corrected chi connectivity index (χ2v) is 8.75. The van der Waals surface area contributed by atoms with Crippen molar-refractivity contribution in [2.75, 3.05) is 19.8 Å². The standard InChI is InChI=1S/C5H13ClNPS/c1-4-7(5-2)8(3,6)9/h4-5H2,1-3H3. The van der Waals surface area contributed by atoms with E-state index in [-0.39, 0.29) is 0 Å². The van der Waals surface area contributed by atoms with E-state index in [9.17, 15) is 0 Å². The second kappa shape index (κ2) is 3.92. The largest absolute Gasteiger partial charge is 0.264 e. The van der Waals surface area contributed by atoms with Gasteiger partial charge in [-0.1, -0.05) is 36.9 Å². The minimum absolute atomic E-state index is 0.966. The Balaban J connectivity index is 3.96. The molecule has 56 valence electrons. The Hall–Kier alpha value is 0.900. The minimum Gasteiger partial charge on any atom is -0.264 e. The third kappa shape index (κ3) is 3.57. The molecule has 0 radical (unpaired) electrons. The summed E-state index contributed by atoms with van der Waals surface area (Å²) in [6.07, 6.45) is 0. The van der Waals surface area contributed by atoms with E-state index >= 15 is 0 Å². The van der Waals surface area contributed by atoms with Crippen LogP contribution in [-0.2, 0) is 11.8 Å². The lowest BCUT2D eigenvalue weighted by Crippen LogP contribution is -2.16. The van der Waals surface area contributed by atoms with Crippen LogP contribution < -0.4 is 0 Å². The van der Waals surface area contributed by atoms with Crippen molar-refractivity contribution in [1.29, 1.82) is 0 Å². The molecule has 0 fully saturated rings. The zero-order chi connectivity index (χ0) is 7.49. The molecule has 0 saturated heterocycles. The molecule has 0 aromatic carbocycles. The summed E-state index contributed by atoms with van der Waals surface area (Å²) >= 11 is 11.1. The van der Waals surface area contributed by atoms with E-state index in [1.165, 1.54) is 0 Å². The molecule has 0 N–H and O–H groups in total. The monoisotopic (exact) mass is 185 g/mol. The van der Waals surface area contributed by atoms with Crippen molar-refractivity contribution in [1.82, 2.24) is 4.67 Å². The first-order chi connectivity index (χ1) is 4.02. The van der Waals surface area contributed by atoms with Gasteiger partial charge in [-0.2, -0.15) is 0 Å². The highest BCUT2D eigenvalue weighted by Crippen LogP contribution is 2.50. The van der Waals surface area contributed by atoms with Crippen LogP contribution in [0.4, 0.5) is 0 Å². The maximum Gasteiger partial charge on any atom is 0.0957 e. The summed E-state index contributed by atoms with van der Waals surface area (Å²) in [4.78, 5) is 0. The molecule has 0 aliphatic carbocycles. The second-order valence-electron chi connectivity index (χ2n) is 1.92. The molecule has 0 rings (SSSR count). The molecule has 0 aliphatic heterocycles. The summed E-state index contributed by atoms with van der Waals surface area (Å²) in [5.41, 5.74) is -1.64. The van der Waals surface area contributed by atoms with Crippen LogP contribution in [0, 0.1) is 0 Å². The van der Waals surface area contributed by atoms with E-state index in [0.29, 0.717) is 0 Å². The Labute approximate surface area is 67.2 Å². The van der Waals surface area contributed by atoms with Crippen LogP contribution in [0.15, 0.2) is 0 Å². The fourth-order valence-corrected chi connectivity index (χ4v) is 3.07. The van der Waals surface area contributed by atoms with Crippen molar-refractivity contribution >= 4 is 28.6 Å². The normalized spacial score (nSPS) is 17.9. The van der Waals surface area contributed by atoms with E-state index in [1.807, 2.05) is 6.66 Å². The van der Waals surface area contributed by atoms with Gasteiger partial charge in [0.25, 0.3) is 0 Å². The van der Waals surface area contributed by atoms with Gasteiger partial charge in [-0.25, -0.2) is 0 Å². The van der Waals surface area contributed by atoms with Gasteiger partial charge in [0, 0.05) is 13.1 Å². The fourth-order valence-electron chi connectivity index (χ4n) is 0.729. The van der Waals surface area contributed by atoms with Gasteiger partial charge < -0.3 is 0 Å². The van der Waals surface area contributed by atoms with E-state index in [2.05, 4.69) is 18.5 Å². The Morgan fingerprint density at radius 3 is 1.78 bits per heavy atom. The minimum atomic E-state index is -1.64. The van der Waals surface area contributed by atoms with E-state index < -0.39 is 5.54 Å². The lowest BCUT2D eigenvalue weighted by atomic mass is 10.7. The molecular formula is C5H13ClNPS.